The standard InChI is InChI=1S/C22H17FN4O/c23-18-9-14(15-5-7-16(11-24)19(25)10-15)6-8-17(18)13-27-21-4-2-1-3-20(21)26-12-22(27)28/h1-12,24H,13,25H2. The number of halogens is 1. The average Bonchev–Trinajstić information content (AvgIpc) is 2.71. The van der Waals surface area contributed by atoms with Gasteiger partial charge in [-0.15, -0.1) is 0 Å². The van der Waals surface area contributed by atoms with Crippen molar-refractivity contribution in [2.24, 2.45) is 0 Å². The smallest absolute Gasteiger partial charge is 0.269 e. The van der Waals surface area contributed by atoms with E-state index in [0.29, 0.717) is 33.4 Å². The van der Waals surface area contributed by atoms with Crippen LogP contribution >= 0.6 is 0 Å². The van der Waals surface area contributed by atoms with Crippen molar-refractivity contribution in [1.82, 2.24) is 9.55 Å². The molecule has 0 aliphatic carbocycles. The summed E-state index contributed by atoms with van der Waals surface area (Å²) in [5.41, 5.74) is 9.91. The fraction of sp³-hybridized carbons (Fsp3) is 0.0455. The molecule has 0 bridgehead atoms. The van der Waals surface area contributed by atoms with Crippen LogP contribution in [0, 0.1) is 11.2 Å². The summed E-state index contributed by atoms with van der Waals surface area (Å²) in [5.74, 6) is -0.403. The largest absolute Gasteiger partial charge is 0.398 e. The summed E-state index contributed by atoms with van der Waals surface area (Å²) < 4.78 is 16.3. The Kier molecular flexibility index (Phi) is 4.45. The number of hydrogen-bond donors (Lipinski definition) is 2. The van der Waals surface area contributed by atoms with Crippen LogP contribution in [0.5, 0.6) is 0 Å². The molecule has 28 heavy (non-hydrogen) atoms. The minimum Gasteiger partial charge on any atom is -0.398 e. The number of benzene rings is 3. The molecule has 0 spiro atoms. The predicted molar refractivity (Wildman–Crippen MR) is 109 cm³/mol. The van der Waals surface area contributed by atoms with Gasteiger partial charge in [-0.25, -0.2) is 9.37 Å². The Balaban J connectivity index is 1.72. The molecule has 0 fully saturated rings. The van der Waals surface area contributed by atoms with Crippen molar-refractivity contribution >= 4 is 22.9 Å². The highest BCUT2D eigenvalue weighted by atomic mass is 19.1. The van der Waals surface area contributed by atoms with E-state index in [2.05, 4.69) is 4.98 Å². The molecule has 0 aliphatic rings. The van der Waals surface area contributed by atoms with Crippen molar-refractivity contribution in [2.75, 3.05) is 5.73 Å². The Bertz CT molecular complexity index is 1260. The maximum absolute atomic E-state index is 14.8. The zero-order chi connectivity index (χ0) is 19.7. The Hall–Kier alpha value is -3.80. The molecule has 1 heterocycles. The Morgan fingerprint density at radius 1 is 1.07 bits per heavy atom. The molecule has 138 valence electrons. The lowest BCUT2D eigenvalue weighted by molar-refractivity contribution is 0.599. The van der Waals surface area contributed by atoms with Gasteiger partial charge in [0.05, 0.1) is 23.8 Å². The van der Waals surface area contributed by atoms with Crippen molar-refractivity contribution in [1.29, 1.82) is 5.41 Å². The highest BCUT2D eigenvalue weighted by Crippen LogP contribution is 2.25. The number of nitrogens with zero attached hydrogens (tertiary/aromatic N) is 2. The number of aromatic nitrogens is 2. The van der Waals surface area contributed by atoms with Crippen LogP contribution < -0.4 is 11.3 Å². The molecule has 0 aliphatic heterocycles. The normalized spacial score (nSPS) is 10.9. The Labute approximate surface area is 160 Å². The van der Waals surface area contributed by atoms with Crippen LogP contribution in [0.3, 0.4) is 0 Å². The van der Waals surface area contributed by atoms with E-state index in [-0.39, 0.29) is 12.1 Å². The van der Waals surface area contributed by atoms with Crippen LogP contribution in [0.1, 0.15) is 11.1 Å². The summed E-state index contributed by atoms with van der Waals surface area (Å²) in [6.07, 6.45) is 2.43. The fourth-order valence-electron chi connectivity index (χ4n) is 3.19. The van der Waals surface area contributed by atoms with Crippen molar-refractivity contribution in [2.45, 2.75) is 6.54 Å². The number of nitrogens with one attached hydrogen (secondary N) is 1. The monoisotopic (exact) mass is 372 g/mol. The number of nitrogen functional groups attached to an aromatic ring is 1. The van der Waals surface area contributed by atoms with E-state index in [4.69, 9.17) is 11.1 Å². The van der Waals surface area contributed by atoms with Crippen molar-refractivity contribution in [3.63, 3.8) is 0 Å². The van der Waals surface area contributed by atoms with Crippen LogP contribution in [0.4, 0.5) is 10.1 Å². The van der Waals surface area contributed by atoms with Gasteiger partial charge in [0.15, 0.2) is 0 Å². The van der Waals surface area contributed by atoms with Crippen molar-refractivity contribution in [3.05, 3.63) is 94.2 Å². The molecule has 3 aromatic carbocycles. The first-order valence-electron chi connectivity index (χ1n) is 8.70. The third-order valence-corrected chi connectivity index (χ3v) is 4.71. The predicted octanol–water partition coefficient (Wildman–Crippen LogP) is 3.83. The van der Waals surface area contributed by atoms with Crippen LogP contribution in [-0.4, -0.2) is 15.8 Å². The van der Waals surface area contributed by atoms with Gasteiger partial charge in [0, 0.05) is 23.0 Å². The summed E-state index contributed by atoms with van der Waals surface area (Å²) in [6.45, 7) is 0.114. The van der Waals surface area contributed by atoms with E-state index in [9.17, 15) is 9.18 Å². The quantitative estimate of drug-likeness (QED) is 0.422. The first-order chi connectivity index (χ1) is 13.6. The van der Waals surface area contributed by atoms with Gasteiger partial charge in [-0.3, -0.25) is 4.79 Å². The van der Waals surface area contributed by atoms with Gasteiger partial charge in [-0.1, -0.05) is 36.4 Å². The van der Waals surface area contributed by atoms with Crippen LogP contribution in [-0.2, 0) is 6.54 Å². The van der Waals surface area contributed by atoms with E-state index in [0.717, 1.165) is 5.56 Å². The molecule has 3 N–H and O–H groups in total. The van der Waals surface area contributed by atoms with E-state index in [1.54, 1.807) is 36.4 Å². The van der Waals surface area contributed by atoms with Gasteiger partial charge in [-0.05, 0) is 35.4 Å². The maximum Gasteiger partial charge on any atom is 0.269 e. The minimum atomic E-state index is -0.403. The number of para-hydroxylation sites is 2. The van der Waals surface area contributed by atoms with E-state index < -0.39 is 5.82 Å². The molecule has 0 amide bonds. The molecular weight excluding hydrogens is 355 g/mol. The van der Waals surface area contributed by atoms with Gasteiger partial charge in [0.25, 0.3) is 5.56 Å². The molecule has 4 aromatic rings. The first kappa shape index (κ1) is 17.6. The minimum absolute atomic E-state index is 0.114. The molecule has 0 atom stereocenters. The van der Waals surface area contributed by atoms with E-state index >= 15 is 0 Å². The number of nitrogens with two attached hydrogens (primary N) is 1. The van der Waals surface area contributed by atoms with Crippen molar-refractivity contribution < 1.29 is 4.39 Å². The zero-order valence-electron chi connectivity index (χ0n) is 14.9. The molecule has 5 nitrogen and oxygen atoms in total. The Morgan fingerprint density at radius 3 is 2.57 bits per heavy atom. The van der Waals surface area contributed by atoms with Gasteiger partial charge < -0.3 is 15.7 Å². The molecule has 1 aromatic heterocycles. The molecule has 0 unspecified atom stereocenters. The third-order valence-electron chi connectivity index (χ3n) is 4.71. The zero-order valence-corrected chi connectivity index (χ0v) is 14.9. The lowest BCUT2D eigenvalue weighted by Gasteiger charge is -2.12. The van der Waals surface area contributed by atoms with Gasteiger partial charge in [0.1, 0.15) is 5.82 Å². The van der Waals surface area contributed by atoms with Crippen molar-refractivity contribution in [3.8, 4) is 11.1 Å². The molecular formula is C22H17FN4O. The maximum atomic E-state index is 14.8. The van der Waals surface area contributed by atoms with Crippen LogP contribution in [0.15, 0.2) is 71.7 Å². The second-order valence-corrected chi connectivity index (χ2v) is 6.47. The topological polar surface area (TPSA) is 84.8 Å². The number of rotatable bonds is 4. The lowest BCUT2D eigenvalue weighted by Crippen LogP contribution is -2.21. The highest BCUT2D eigenvalue weighted by molar-refractivity contribution is 5.87. The average molecular weight is 372 g/mol. The van der Waals surface area contributed by atoms with Crippen LogP contribution in [0.25, 0.3) is 22.2 Å². The number of anilines is 1. The van der Waals surface area contributed by atoms with Crippen LogP contribution in [0.2, 0.25) is 0 Å². The lowest BCUT2D eigenvalue weighted by atomic mass is 10.0. The SMILES string of the molecule is N=Cc1ccc(-c2ccc(Cn3c(=O)cnc4ccccc43)c(F)c2)cc1N. The third kappa shape index (κ3) is 3.16. The second kappa shape index (κ2) is 7.08. The summed E-state index contributed by atoms with van der Waals surface area (Å²) in [4.78, 5) is 16.4. The summed E-state index contributed by atoms with van der Waals surface area (Å²) >= 11 is 0. The first-order valence-corrected chi connectivity index (χ1v) is 8.70. The fourth-order valence-corrected chi connectivity index (χ4v) is 3.19. The molecule has 0 saturated carbocycles. The molecule has 6 heteroatoms. The van der Waals surface area contributed by atoms with Gasteiger partial charge in [0.2, 0.25) is 0 Å². The molecule has 4 rings (SSSR count). The van der Waals surface area contributed by atoms with E-state index in [1.807, 2.05) is 18.2 Å². The molecule has 0 radical (unpaired) electrons. The number of fused-ring (bicyclic) bond motifs is 1. The summed E-state index contributed by atoms with van der Waals surface area (Å²) in [6, 6.07) is 17.4. The summed E-state index contributed by atoms with van der Waals surface area (Å²) in [7, 11) is 0. The summed E-state index contributed by atoms with van der Waals surface area (Å²) in [5, 5.41) is 7.31. The highest BCUT2D eigenvalue weighted by Gasteiger charge is 2.10. The van der Waals surface area contributed by atoms with Gasteiger partial charge in [-0.2, -0.15) is 0 Å². The second-order valence-electron chi connectivity index (χ2n) is 6.47. The van der Waals surface area contributed by atoms with E-state index in [1.165, 1.54) is 23.0 Å². The Morgan fingerprint density at radius 2 is 1.82 bits per heavy atom. The van der Waals surface area contributed by atoms with Gasteiger partial charge >= 0.3 is 0 Å². The molecule has 0 saturated heterocycles. The number of hydrogen-bond acceptors (Lipinski definition) is 4.